The van der Waals surface area contributed by atoms with Crippen LogP contribution >= 0.6 is 11.6 Å². The van der Waals surface area contributed by atoms with Crippen LogP contribution in [0.25, 0.3) is 0 Å². The van der Waals surface area contributed by atoms with Crippen LogP contribution in [0.1, 0.15) is 20.3 Å². The van der Waals surface area contributed by atoms with E-state index in [9.17, 15) is 13.2 Å². The summed E-state index contributed by atoms with van der Waals surface area (Å²) in [6, 6.07) is 2.83. The molecule has 3 rings (SSSR count). The van der Waals surface area contributed by atoms with Gasteiger partial charge in [0, 0.05) is 31.7 Å². The average Bonchev–Trinajstić information content (AvgIpc) is 2.64. The van der Waals surface area contributed by atoms with E-state index >= 15 is 0 Å². The van der Waals surface area contributed by atoms with E-state index < -0.39 is 10.0 Å². The van der Waals surface area contributed by atoms with Gasteiger partial charge in [0.05, 0.1) is 23.9 Å². The number of fused-ring (bicyclic) bond motifs is 1. The molecule has 1 aromatic rings. The van der Waals surface area contributed by atoms with E-state index in [1.54, 1.807) is 0 Å². The van der Waals surface area contributed by atoms with E-state index in [4.69, 9.17) is 21.1 Å². The normalized spacial score (nSPS) is 19.1. The molecule has 8 nitrogen and oxygen atoms in total. The van der Waals surface area contributed by atoms with Gasteiger partial charge >= 0.3 is 0 Å². The highest BCUT2D eigenvalue weighted by molar-refractivity contribution is 7.89. The van der Waals surface area contributed by atoms with Crippen molar-refractivity contribution < 1.29 is 22.7 Å². The third-order valence-corrected chi connectivity index (χ3v) is 6.66. The fourth-order valence-electron chi connectivity index (χ4n) is 3.42. The molecule has 2 N–H and O–H groups in total. The number of morpholine rings is 1. The Morgan fingerprint density at radius 3 is 2.68 bits per heavy atom. The van der Waals surface area contributed by atoms with Gasteiger partial charge < -0.3 is 14.8 Å². The first-order valence-electron chi connectivity index (χ1n) is 9.34. The SMILES string of the molecule is CC(C)CC(CNS(=O)(=O)c1cc2c(cc1Cl)NC(=O)CO2)N1CCOCC1. The Morgan fingerprint density at radius 2 is 2.00 bits per heavy atom. The largest absolute Gasteiger partial charge is 0.482 e. The molecule has 1 aromatic carbocycles. The van der Waals surface area contributed by atoms with Crippen LogP contribution in [0.15, 0.2) is 17.0 Å². The van der Waals surface area contributed by atoms with Crippen molar-refractivity contribution in [2.75, 3.05) is 44.8 Å². The highest BCUT2D eigenvalue weighted by Crippen LogP contribution is 2.35. The molecule has 0 spiro atoms. The minimum Gasteiger partial charge on any atom is -0.482 e. The lowest BCUT2D eigenvalue weighted by molar-refractivity contribution is -0.118. The molecule has 0 saturated carbocycles. The van der Waals surface area contributed by atoms with E-state index in [0.717, 1.165) is 19.5 Å². The summed E-state index contributed by atoms with van der Waals surface area (Å²) in [6.07, 6.45) is 0.871. The van der Waals surface area contributed by atoms with Crippen molar-refractivity contribution in [1.82, 2.24) is 9.62 Å². The van der Waals surface area contributed by atoms with E-state index in [1.165, 1.54) is 12.1 Å². The Balaban J connectivity index is 1.75. The maximum Gasteiger partial charge on any atom is 0.262 e. The lowest BCUT2D eigenvalue weighted by atomic mass is 10.0. The van der Waals surface area contributed by atoms with Crippen molar-refractivity contribution in [2.45, 2.75) is 31.2 Å². The van der Waals surface area contributed by atoms with Gasteiger partial charge in [0.15, 0.2) is 6.61 Å². The van der Waals surface area contributed by atoms with Crippen molar-refractivity contribution >= 4 is 33.2 Å². The fourth-order valence-corrected chi connectivity index (χ4v) is 5.03. The Labute approximate surface area is 170 Å². The molecule has 2 heterocycles. The van der Waals surface area contributed by atoms with Crippen LogP contribution in [0.4, 0.5) is 5.69 Å². The fraction of sp³-hybridized carbons (Fsp3) is 0.611. The van der Waals surface area contributed by atoms with Crippen molar-refractivity contribution in [3.8, 4) is 5.75 Å². The van der Waals surface area contributed by atoms with Crippen LogP contribution in [0, 0.1) is 5.92 Å². The standard InChI is InChI=1S/C18H26ClN3O5S/c1-12(2)7-13(22-3-5-26-6-4-22)10-20-28(24,25)17-9-16-15(8-14(17)19)21-18(23)11-27-16/h8-9,12-13,20H,3-7,10-11H2,1-2H3,(H,21,23). The van der Waals surface area contributed by atoms with Gasteiger partial charge in [0.1, 0.15) is 10.6 Å². The number of hydrogen-bond donors (Lipinski definition) is 2. The Hall–Kier alpha value is -1.39. The van der Waals surface area contributed by atoms with Crippen LogP contribution in [-0.2, 0) is 19.6 Å². The molecule has 0 bridgehead atoms. The maximum absolute atomic E-state index is 12.9. The van der Waals surface area contributed by atoms with Crippen LogP contribution in [0.3, 0.4) is 0 Å². The van der Waals surface area contributed by atoms with Crippen LogP contribution in [-0.4, -0.2) is 64.7 Å². The van der Waals surface area contributed by atoms with Crippen molar-refractivity contribution in [1.29, 1.82) is 0 Å². The topological polar surface area (TPSA) is 97.0 Å². The Morgan fingerprint density at radius 1 is 1.29 bits per heavy atom. The first-order chi connectivity index (χ1) is 13.3. The predicted molar refractivity (Wildman–Crippen MR) is 106 cm³/mol. The molecule has 2 aliphatic rings. The third-order valence-electron chi connectivity index (χ3n) is 4.77. The lowest BCUT2D eigenvalue weighted by Crippen LogP contribution is -2.49. The molecule has 1 amide bonds. The second-order valence-corrected chi connectivity index (χ2v) is 9.54. The molecule has 28 heavy (non-hydrogen) atoms. The number of halogens is 1. The summed E-state index contributed by atoms with van der Waals surface area (Å²) in [7, 11) is -3.84. The number of carbonyl (C=O) groups excluding carboxylic acids is 1. The molecule has 10 heteroatoms. The zero-order valence-electron chi connectivity index (χ0n) is 16.0. The highest BCUT2D eigenvalue weighted by atomic mass is 35.5. The monoisotopic (exact) mass is 431 g/mol. The Bertz CT molecular complexity index is 825. The Kier molecular flexibility index (Phi) is 6.82. The molecular formula is C18H26ClN3O5S. The summed E-state index contributed by atoms with van der Waals surface area (Å²) < 4.78 is 39.2. The number of carbonyl (C=O) groups is 1. The summed E-state index contributed by atoms with van der Waals surface area (Å²) in [5.74, 6) is 0.414. The van der Waals surface area contributed by atoms with Gasteiger partial charge in [-0.2, -0.15) is 0 Å². The van der Waals surface area contributed by atoms with E-state index in [2.05, 4.69) is 28.8 Å². The van der Waals surface area contributed by atoms with Crippen molar-refractivity contribution in [3.05, 3.63) is 17.2 Å². The van der Waals surface area contributed by atoms with E-state index in [1.807, 2.05) is 0 Å². The maximum atomic E-state index is 12.9. The molecular weight excluding hydrogens is 406 g/mol. The predicted octanol–water partition coefficient (Wildman–Crippen LogP) is 1.70. The first-order valence-corrected chi connectivity index (χ1v) is 11.2. The van der Waals surface area contributed by atoms with Crippen LogP contribution < -0.4 is 14.8 Å². The third kappa shape index (κ3) is 5.15. The smallest absolute Gasteiger partial charge is 0.262 e. The van der Waals surface area contributed by atoms with Crippen LogP contribution in [0.5, 0.6) is 5.75 Å². The summed E-state index contributed by atoms with van der Waals surface area (Å²) in [4.78, 5) is 13.6. The van der Waals surface area contributed by atoms with Gasteiger partial charge in [0.2, 0.25) is 10.0 Å². The molecule has 0 radical (unpaired) electrons. The number of amides is 1. The van der Waals surface area contributed by atoms with Crippen molar-refractivity contribution in [2.24, 2.45) is 5.92 Å². The first kappa shape index (κ1) is 21.3. The van der Waals surface area contributed by atoms with Gasteiger partial charge in [-0.25, -0.2) is 13.1 Å². The molecule has 1 saturated heterocycles. The molecule has 156 valence electrons. The van der Waals surface area contributed by atoms with Crippen molar-refractivity contribution in [3.63, 3.8) is 0 Å². The molecule has 1 atom stereocenters. The second kappa shape index (κ2) is 8.96. The summed E-state index contributed by atoms with van der Waals surface area (Å²) >= 11 is 6.19. The van der Waals surface area contributed by atoms with Gasteiger partial charge in [0.25, 0.3) is 5.91 Å². The van der Waals surface area contributed by atoms with Crippen LogP contribution in [0.2, 0.25) is 5.02 Å². The number of nitrogens with zero attached hydrogens (tertiary/aromatic N) is 1. The second-order valence-electron chi connectivity index (χ2n) is 7.40. The minimum absolute atomic E-state index is 0.0313. The van der Waals surface area contributed by atoms with Gasteiger partial charge in [-0.05, 0) is 18.4 Å². The van der Waals surface area contributed by atoms with Gasteiger partial charge in [-0.15, -0.1) is 0 Å². The number of nitrogens with one attached hydrogen (secondary N) is 2. The molecule has 2 aliphatic heterocycles. The highest BCUT2D eigenvalue weighted by Gasteiger charge is 2.27. The van der Waals surface area contributed by atoms with Gasteiger partial charge in [-0.1, -0.05) is 25.4 Å². The van der Waals surface area contributed by atoms with Gasteiger partial charge in [-0.3, -0.25) is 9.69 Å². The zero-order valence-corrected chi connectivity index (χ0v) is 17.6. The lowest BCUT2D eigenvalue weighted by Gasteiger charge is -2.35. The average molecular weight is 432 g/mol. The quantitative estimate of drug-likeness (QED) is 0.682. The molecule has 1 unspecified atom stereocenters. The number of sulfonamides is 1. The zero-order chi connectivity index (χ0) is 20.3. The minimum atomic E-state index is -3.84. The molecule has 1 fully saturated rings. The summed E-state index contributed by atoms with van der Waals surface area (Å²) in [5, 5.41) is 2.64. The number of rotatable bonds is 7. The number of benzene rings is 1. The van der Waals surface area contributed by atoms with E-state index in [0.29, 0.717) is 24.8 Å². The molecule has 0 aliphatic carbocycles. The summed E-state index contributed by atoms with van der Waals surface area (Å²) in [6.45, 7) is 7.24. The number of ether oxygens (including phenoxy) is 2. The molecule has 0 aromatic heterocycles. The number of anilines is 1. The number of hydrogen-bond acceptors (Lipinski definition) is 6. The van der Waals surface area contributed by atoms with E-state index in [-0.39, 0.29) is 40.8 Å². The summed E-state index contributed by atoms with van der Waals surface area (Å²) in [5.41, 5.74) is 0.367.